The fourth-order valence-electron chi connectivity index (χ4n) is 3.29. The minimum absolute atomic E-state index is 0.0254. The normalized spacial score (nSPS) is 11.4. The van der Waals surface area contributed by atoms with Gasteiger partial charge in [-0.3, -0.25) is 4.79 Å². The lowest BCUT2D eigenvalue weighted by atomic mass is 9.95. The molecule has 29 heavy (non-hydrogen) atoms. The van der Waals surface area contributed by atoms with Crippen LogP contribution in [0.2, 0.25) is 10.0 Å². The molecular weight excluding hydrogens is 403 g/mol. The van der Waals surface area contributed by atoms with Crippen LogP contribution in [0, 0.1) is 11.3 Å². The molecule has 0 fully saturated rings. The Kier molecular flexibility index (Phi) is 5.22. The van der Waals surface area contributed by atoms with Crippen LogP contribution in [0.4, 0.5) is 5.69 Å². The van der Waals surface area contributed by atoms with Gasteiger partial charge in [0.25, 0.3) is 5.91 Å². The molecule has 0 unspecified atom stereocenters. The summed E-state index contributed by atoms with van der Waals surface area (Å²) in [5.74, 6) is -0.548. The highest BCUT2D eigenvalue weighted by molar-refractivity contribution is 6.44. The molecule has 1 N–H and O–H groups in total. The monoisotopic (exact) mass is 416 g/mol. The lowest BCUT2D eigenvalue weighted by Gasteiger charge is -2.10. The molecule has 0 aliphatic heterocycles. The topological polar surface area (TPSA) is 52.9 Å². The van der Waals surface area contributed by atoms with Crippen molar-refractivity contribution in [2.24, 2.45) is 0 Å². The molecule has 140 valence electrons. The van der Waals surface area contributed by atoms with Gasteiger partial charge in [-0.2, -0.15) is 5.26 Å². The fourth-order valence-corrected chi connectivity index (χ4v) is 3.64. The third-order valence-electron chi connectivity index (χ3n) is 4.67. The number of benzene rings is 4. The SMILES string of the molecule is N#C/C(=C/c1c2ccccc2cc2ccccc12)C(=O)Nc1cccc(Cl)c1Cl. The van der Waals surface area contributed by atoms with Gasteiger partial charge in [-0.1, -0.05) is 77.8 Å². The standard InChI is InChI=1S/C24H14Cl2N2O/c25-21-10-5-11-22(23(21)26)28-24(29)17(14-27)13-20-18-8-3-1-6-15(18)12-16-7-2-4-9-19(16)20/h1-13H,(H,28,29)/b17-13-. The second-order valence-electron chi connectivity index (χ2n) is 6.46. The zero-order chi connectivity index (χ0) is 20.4. The van der Waals surface area contributed by atoms with Crippen LogP contribution in [0.25, 0.3) is 27.6 Å². The molecule has 4 rings (SSSR count). The summed E-state index contributed by atoms with van der Waals surface area (Å²) < 4.78 is 0. The van der Waals surface area contributed by atoms with E-state index in [0.29, 0.717) is 10.7 Å². The van der Waals surface area contributed by atoms with Crippen LogP contribution in [-0.4, -0.2) is 5.91 Å². The molecule has 1 amide bonds. The number of amides is 1. The van der Waals surface area contributed by atoms with Gasteiger partial charge in [0.2, 0.25) is 0 Å². The minimum Gasteiger partial charge on any atom is -0.320 e. The summed E-state index contributed by atoms with van der Waals surface area (Å²) in [6.45, 7) is 0. The van der Waals surface area contributed by atoms with Crippen LogP contribution < -0.4 is 5.32 Å². The molecule has 0 radical (unpaired) electrons. The molecular formula is C24H14Cl2N2O. The smallest absolute Gasteiger partial charge is 0.266 e. The number of anilines is 1. The Morgan fingerprint density at radius 2 is 1.52 bits per heavy atom. The molecule has 0 bridgehead atoms. The van der Waals surface area contributed by atoms with Gasteiger partial charge in [-0.05, 0) is 51.4 Å². The van der Waals surface area contributed by atoms with Gasteiger partial charge in [0.05, 0.1) is 15.7 Å². The van der Waals surface area contributed by atoms with E-state index in [2.05, 4.69) is 11.4 Å². The first-order valence-corrected chi connectivity index (χ1v) is 9.62. The molecule has 0 saturated heterocycles. The Hall–Kier alpha value is -3.32. The van der Waals surface area contributed by atoms with Gasteiger partial charge in [0, 0.05) is 0 Å². The van der Waals surface area contributed by atoms with Crippen molar-refractivity contribution in [3.05, 3.63) is 94.0 Å². The number of hydrogen-bond donors (Lipinski definition) is 1. The molecule has 0 atom stereocenters. The van der Waals surface area contributed by atoms with E-state index in [1.165, 1.54) is 0 Å². The maximum atomic E-state index is 12.8. The molecule has 0 saturated carbocycles. The van der Waals surface area contributed by atoms with Crippen molar-refractivity contribution in [2.75, 3.05) is 5.32 Å². The second kappa shape index (κ2) is 7.97. The van der Waals surface area contributed by atoms with Gasteiger partial charge < -0.3 is 5.32 Å². The average molecular weight is 417 g/mol. The third kappa shape index (κ3) is 3.69. The Labute approximate surface area is 177 Å². The Balaban J connectivity index is 1.84. The van der Waals surface area contributed by atoms with E-state index in [1.807, 2.05) is 54.6 Å². The largest absolute Gasteiger partial charge is 0.320 e. The molecule has 0 heterocycles. The quantitative estimate of drug-likeness (QED) is 0.225. The summed E-state index contributed by atoms with van der Waals surface area (Å²) in [6.07, 6.45) is 1.62. The lowest BCUT2D eigenvalue weighted by molar-refractivity contribution is -0.112. The van der Waals surface area contributed by atoms with Crippen molar-refractivity contribution in [2.45, 2.75) is 0 Å². The van der Waals surface area contributed by atoms with Crippen LogP contribution in [0.15, 0.2) is 78.4 Å². The summed E-state index contributed by atoms with van der Waals surface area (Å²) in [6, 6.07) is 24.8. The summed E-state index contributed by atoms with van der Waals surface area (Å²) in [4.78, 5) is 12.8. The molecule has 4 aromatic rings. The molecule has 0 aromatic heterocycles. The molecule has 3 nitrogen and oxygen atoms in total. The number of halogens is 2. The molecule has 4 aromatic carbocycles. The fraction of sp³-hybridized carbons (Fsp3) is 0. The maximum Gasteiger partial charge on any atom is 0.266 e. The van der Waals surface area contributed by atoms with Crippen LogP contribution in [0.5, 0.6) is 0 Å². The number of rotatable bonds is 3. The van der Waals surface area contributed by atoms with Crippen molar-refractivity contribution in [1.29, 1.82) is 5.26 Å². The van der Waals surface area contributed by atoms with Crippen molar-refractivity contribution >= 4 is 62.4 Å². The van der Waals surface area contributed by atoms with E-state index in [4.69, 9.17) is 23.2 Å². The predicted molar refractivity (Wildman–Crippen MR) is 120 cm³/mol. The van der Waals surface area contributed by atoms with Crippen molar-refractivity contribution < 1.29 is 4.79 Å². The van der Waals surface area contributed by atoms with Crippen molar-refractivity contribution in [3.8, 4) is 6.07 Å². The first kappa shape index (κ1) is 19.0. The van der Waals surface area contributed by atoms with E-state index in [9.17, 15) is 10.1 Å². The van der Waals surface area contributed by atoms with E-state index >= 15 is 0 Å². The van der Waals surface area contributed by atoms with Gasteiger partial charge in [-0.15, -0.1) is 0 Å². The predicted octanol–water partition coefficient (Wildman–Crippen LogP) is 6.85. The number of nitrogens with one attached hydrogen (secondary N) is 1. The highest BCUT2D eigenvalue weighted by atomic mass is 35.5. The number of nitrogens with zero attached hydrogens (tertiary/aromatic N) is 1. The van der Waals surface area contributed by atoms with Crippen LogP contribution in [-0.2, 0) is 4.79 Å². The van der Waals surface area contributed by atoms with Crippen LogP contribution in [0.3, 0.4) is 0 Å². The number of nitriles is 1. The van der Waals surface area contributed by atoms with Crippen LogP contribution in [0.1, 0.15) is 5.56 Å². The zero-order valence-corrected chi connectivity index (χ0v) is 16.6. The zero-order valence-electron chi connectivity index (χ0n) is 15.1. The second-order valence-corrected chi connectivity index (χ2v) is 7.24. The number of carbonyl (C=O) groups is 1. The lowest BCUT2D eigenvalue weighted by Crippen LogP contribution is -2.13. The maximum absolute atomic E-state index is 12.8. The third-order valence-corrected chi connectivity index (χ3v) is 5.49. The van der Waals surface area contributed by atoms with Gasteiger partial charge in [0.1, 0.15) is 11.6 Å². The highest BCUT2D eigenvalue weighted by Crippen LogP contribution is 2.32. The highest BCUT2D eigenvalue weighted by Gasteiger charge is 2.14. The summed E-state index contributed by atoms with van der Waals surface area (Å²) in [5, 5.41) is 16.9. The Morgan fingerprint density at radius 1 is 0.897 bits per heavy atom. The van der Waals surface area contributed by atoms with Gasteiger partial charge >= 0.3 is 0 Å². The first-order valence-electron chi connectivity index (χ1n) is 8.86. The minimum atomic E-state index is -0.548. The number of carbonyl (C=O) groups excluding carboxylic acids is 1. The summed E-state index contributed by atoms with van der Waals surface area (Å²) in [7, 11) is 0. The van der Waals surface area contributed by atoms with E-state index in [0.717, 1.165) is 27.1 Å². The summed E-state index contributed by atoms with van der Waals surface area (Å²) in [5.41, 5.74) is 1.15. The Bertz CT molecular complexity index is 1280. The van der Waals surface area contributed by atoms with E-state index in [-0.39, 0.29) is 10.6 Å². The van der Waals surface area contributed by atoms with Crippen LogP contribution >= 0.6 is 23.2 Å². The molecule has 0 aliphatic carbocycles. The molecule has 0 aliphatic rings. The van der Waals surface area contributed by atoms with Gasteiger partial charge in [0.15, 0.2) is 0 Å². The number of hydrogen-bond acceptors (Lipinski definition) is 2. The molecule has 0 spiro atoms. The molecule has 5 heteroatoms. The Morgan fingerprint density at radius 3 is 2.14 bits per heavy atom. The van der Waals surface area contributed by atoms with Gasteiger partial charge in [-0.25, -0.2) is 0 Å². The van der Waals surface area contributed by atoms with Crippen molar-refractivity contribution in [3.63, 3.8) is 0 Å². The van der Waals surface area contributed by atoms with E-state index < -0.39 is 5.91 Å². The van der Waals surface area contributed by atoms with E-state index in [1.54, 1.807) is 24.3 Å². The van der Waals surface area contributed by atoms with Crippen molar-refractivity contribution in [1.82, 2.24) is 0 Å². The summed E-state index contributed by atoms with van der Waals surface area (Å²) >= 11 is 12.2. The number of fused-ring (bicyclic) bond motifs is 2. The average Bonchev–Trinajstić information content (AvgIpc) is 2.74. The first-order chi connectivity index (χ1) is 14.1.